The van der Waals surface area contributed by atoms with Gasteiger partial charge in [-0.2, -0.15) is 18.4 Å². The Kier molecular flexibility index (Phi) is 4.25. The maximum absolute atomic E-state index is 14.4. The Balaban J connectivity index is 1.40. The smallest absolute Gasteiger partial charge is 0.397 e. The summed E-state index contributed by atoms with van der Waals surface area (Å²) >= 11 is 0. The maximum atomic E-state index is 14.4. The molecule has 0 spiro atoms. The molecule has 0 amide bonds. The number of halogens is 3. The van der Waals surface area contributed by atoms with Gasteiger partial charge in [0, 0.05) is 43.4 Å². The monoisotopic (exact) mass is 456 g/mol. The molecule has 0 bridgehead atoms. The van der Waals surface area contributed by atoms with Crippen molar-refractivity contribution in [1.82, 2.24) is 20.5 Å². The van der Waals surface area contributed by atoms with Crippen LogP contribution in [0.5, 0.6) is 0 Å². The lowest BCUT2D eigenvalue weighted by molar-refractivity contribution is -0.187. The van der Waals surface area contributed by atoms with Crippen molar-refractivity contribution in [2.45, 2.75) is 24.1 Å². The molecule has 3 aliphatic rings. The number of nitrogens with one attached hydrogen (secondary N) is 1. The molecule has 1 aliphatic carbocycles. The number of piperidine rings is 1. The van der Waals surface area contributed by atoms with Crippen LogP contribution in [0.2, 0.25) is 0 Å². The van der Waals surface area contributed by atoms with Gasteiger partial charge in [-0.1, -0.05) is 0 Å². The Bertz CT molecular complexity index is 1280. The molecule has 3 fully saturated rings. The first kappa shape index (κ1) is 20.4. The van der Waals surface area contributed by atoms with Crippen molar-refractivity contribution in [1.29, 1.82) is 5.26 Å². The Morgan fingerprint density at radius 1 is 1.21 bits per heavy atom. The largest absolute Gasteiger partial charge is 0.422 e. The molecule has 1 saturated carbocycles. The van der Waals surface area contributed by atoms with Gasteiger partial charge in [0.15, 0.2) is 0 Å². The summed E-state index contributed by atoms with van der Waals surface area (Å²) in [5, 5.41) is 21.3. The Morgan fingerprint density at radius 3 is 2.85 bits per heavy atom. The van der Waals surface area contributed by atoms with Gasteiger partial charge in [0.2, 0.25) is 11.8 Å². The summed E-state index contributed by atoms with van der Waals surface area (Å²) in [7, 11) is 0. The standard InChI is InChI=1S/C22H19F3N6O2/c23-22(24,25)21-10-20(21,19-30-29-18(33-19)16-9-27-6-7-32-16)11-31(12-21)15-4-3-13(8-26)17-14(15)2-1-5-28-17/h1-5,16,27H,6-7,9-12H2/t16?,20-,21-/m0/s1. The minimum Gasteiger partial charge on any atom is -0.422 e. The van der Waals surface area contributed by atoms with E-state index in [9.17, 15) is 18.4 Å². The number of nitriles is 1. The number of pyridine rings is 1. The molecule has 1 N–H and O–H groups in total. The van der Waals surface area contributed by atoms with Crippen LogP contribution in [0.4, 0.5) is 18.9 Å². The lowest BCUT2D eigenvalue weighted by atomic mass is 9.95. The van der Waals surface area contributed by atoms with Crippen molar-refractivity contribution >= 4 is 16.6 Å². The van der Waals surface area contributed by atoms with Crippen LogP contribution < -0.4 is 10.2 Å². The van der Waals surface area contributed by atoms with Gasteiger partial charge in [-0.05, 0) is 30.7 Å². The summed E-state index contributed by atoms with van der Waals surface area (Å²) in [5.74, 6) is 0.198. The third-order valence-corrected chi connectivity index (χ3v) is 7.12. The second-order valence-electron chi connectivity index (χ2n) is 8.85. The number of rotatable bonds is 3. The molecule has 8 nitrogen and oxygen atoms in total. The van der Waals surface area contributed by atoms with Crippen LogP contribution in [0.15, 0.2) is 34.9 Å². The minimum atomic E-state index is -4.44. The van der Waals surface area contributed by atoms with Gasteiger partial charge in [0.05, 0.1) is 23.1 Å². The van der Waals surface area contributed by atoms with Crippen LogP contribution >= 0.6 is 0 Å². The molecule has 33 heavy (non-hydrogen) atoms. The second-order valence-corrected chi connectivity index (χ2v) is 8.85. The molecule has 11 heteroatoms. The third kappa shape index (κ3) is 2.80. The van der Waals surface area contributed by atoms with E-state index in [2.05, 4.69) is 26.6 Å². The van der Waals surface area contributed by atoms with E-state index in [1.54, 1.807) is 35.4 Å². The van der Waals surface area contributed by atoms with Crippen LogP contribution in [0.25, 0.3) is 10.9 Å². The van der Waals surface area contributed by atoms with Crippen molar-refractivity contribution < 1.29 is 22.3 Å². The first-order valence-corrected chi connectivity index (χ1v) is 10.6. The molecule has 3 aromatic rings. The fourth-order valence-corrected chi connectivity index (χ4v) is 5.38. The summed E-state index contributed by atoms with van der Waals surface area (Å²) in [6.45, 7) is 1.48. The van der Waals surface area contributed by atoms with Crippen molar-refractivity contribution in [2.24, 2.45) is 5.41 Å². The summed E-state index contributed by atoms with van der Waals surface area (Å²) in [6, 6.07) is 8.86. The average molecular weight is 456 g/mol. The number of aromatic nitrogens is 3. The Morgan fingerprint density at radius 2 is 2.09 bits per heavy atom. The predicted molar refractivity (Wildman–Crippen MR) is 109 cm³/mol. The Labute approximate surface area is 186 Å². The molecule has 4 heterocycles. The van der Waals surface area contributed by atoms with E-state index in [0.717, 1.165) is 0 Å². The highest BCUT2D eigenvalue weighted by Crippen LogP contribution is 2.75. The number of hydrogen-bond acceptors (Lipinski definition) is 8. The fourth-order valence-electron chi connectivity index (χ4n) is 5.38. The van der Waals surface area contributed by atoms with Gasteiger partial charge in [-0.15, -0.1) is 10.2 Å². The van der Waals surface area contributed by atoms with Crippen LogP contribution in [0, 0.1) is 16.7 Å². The average Bonchev–Trinajstić information content (AvgIpc) is 3.15. The molecular formula is C22H19F3N6O2. The van der Waals surface area contributed by atoms with Crippen molar-refractivity contribution in [3.05, 3.63) is 47.8 Å². The van der Waals surface area contributed by atoms with E-state index in [0.29, 0.717) is 41.9 Å². The molecule has 2 aliphatic heterocycles. The second kappa shape index (κ2) is 6.88. The third-order valence-electron chi connectivity index (χ3n) is 7.12. The minimum absolute atomic E-state index is 0.00238. The highest BCUT2D eigenvalue weighted by molar-refractivity contribution is 5.95. The molecular weight excluding hydrogens is 437 g/mol. The molecule has 6 rings (SSSR count). The van der Waals surface area contributed by atoms with Crippen LogP contribution in [-0.4, -0.2) is 54.1 Å². The van der Waals surface area contributed by atoms with Crippen LogP contribution in [-0.2, 0) is 10.2 Å². The zero-order valence-electron chi connectivity index (χ0n) is 17.4. The SMILES string of the molecule is N#Cc1ccc(N2C[C@]3(c4nnc(C5CNCCO5)o4)C[C@]3(C(F)(F)F)C2)c2cccnc12. The van der Waals surface area contributed by atoms with Gasteiger partial charge in [-0.25, -0.2) is 0 Å². The fraction of sp³-hybridized carbons (Fsp3) is 0.455. The van der Waals surface area contributed by atoms with Gasteiger partial charge in [-0.3, -0.25) is 4.98 Å². The molecule has 3 atom stereocenters. The summed E-state index contributed by atoms with van der Waals surface area (Å²) in [5.41, 5.74) is -1.84. The number of hydrogen-bond donors (Lipinski definition) is 1. The molecule has 2 saturated heterocycles. The number of anilines is 1. The highest BCUT2D eigenvalue weighted by Gasteiger charge is 2.86. The molecule has 0 radical (unpaired) electrons. The normalized spacial score (nSPS) is 29.2. The number of alkyl halides is 3. The zero-order chi connectivity index (χ0) is 22.8. The van der Waals surface area contributed by atoms with E-state index in [-0.39, 0.29) is 31.3 Å². The number of nitrogens with zero attached hydrogens (tertiary/aromatic N) is 5. The number of morpholine rings is 1. The number of benzene rings is 1. The van der Waals surface area contributed by atoms with E-state index >= 15 is 0 Å². The molecule has 170 valence electrons. The number of fused-ring (bicyclic) bond motifs is 2. The molecule has 1 aromatic carbocycles. The van der Waals surface area contributed by atoms with E-state index in [1.807, 2.05) is 0 Å². The summed E-state index contributed by atoms with van der Waals surface area (Å²) in [6.07, 6.45) is -3.45. The quantitative estimate of drug-likeness (QED) is 0.642. The summed E-state index contributed by atoms with van der Waals surface area (Å²) in [4.78, 5) is 5.98. The molecule has 1 unspecified atom stereocenters. The van der Waals surface area contributed by atoms with Crippen LogP contribution in [0.1, 0.15) is 29.9 Å². The van der Waals surface area contributed by atoms with E-state index in [1.165, 1.54) is 0 Å². The number of ether oxygens (including phenoxy) is 1. The van der Waals surface area contributed by atoms with Crippen molar-refractivity contribution in [3.8, 4) is 6.07 Å². The van der Waals surface area contributed by atoms with Gasteiger partial charge in [0.1, 0.15) is 17.6 Å². The molecule has 2 aromatic heterocycles. The van der Waals surface area contributed by atoms with Crippen molar-refractivity contribution in [3.63, 3.8) is 0 Å². The van der Waals surface area contributed by atoms with Gasteiger partial charge < -0.3 is 19.4 Å². The Hall–Kier alpha value is -3.23. The lowest BCUT2D eigenvalue weighted by Gasteiger charge is -2.25. The first-order chi connectivity index (χ1) is 15.9. The van der Waals surface area contributed by atoms with Gasteiger partial charge in [0.25, 0.3) is 0 Å². The highest BCUT2D eigenvalue weighted by atomic mass is 19.4. The van der Waals surface area contributed by atoms with Crippen molar-refractivity contribution in [2.75, 3.05) is 37.7 Å². The van der Waals surface area contributed by atoms with Gasteiger partial charge >= 0.3 is 6.18 Å². The topological polar surface area (TPSA) is 100 Å². The first-order valence-electron chi connectivity index (χ1n) is 10.6. The predicted octanol–water partition coefficient (Wildman–Crippen LogP) is 2.86. The maximum Gasteiger partial charge on any atom is 0.397 e. The van der Waals surface area contributed by atoms with E-state index in [4.69, 9.17) is 9.15 Å². The van der Waals surface area contributed by atoms with Crippen LogP contribution in [0.3, 0.4) is 0 Å². The van der Waals surface area contributed by atoms with E-state index < -0.39 is 23.1 Å². The lowest BCUT2D eigenvalue weighted by Crippen LogP contribution is -2.34. The zero-order valence-corrected chi connectivity index (χ0v) is 17.4. The summed E-state index contributed by atoms with van der Waals surface area (Å²) < 4.78 is 54.6.